The summed E-state index contributed by atoms with van der Waals surface area (Å²) < 4.78 is 6.06. The van der Waals surface area contributed by atoms with Crippen LogP contribution in [0, 0.1) is 0 Å². The van der Waals surface area contributed by atoms with Crippen molar-refractivity contribution in [2.24, 2.45) is 10.8 Å². The fraction of sp³-hybridized carbons (Fsp3) is 0.586. The number of urea groups is 1. The summed E-state index contributed by atoms with van der Waals surface area (Å²) >= 11 is 6.52. The molecule has 0 aliphatic carbocycles. The molecule has 2 heterocycles. The zero-order valence-corrected chi connectivity index (χ0v) is 23.9. The van der Waals surface area contributed by atoms with Crippen LogP contribution in [0.5, 0.6) is 5.75 Å². The third-order valence-electron chi connectivity index (χ3n) is 6.50. The quantitative estimate of drug-likeness (QED) is 0.297. The van der Waals surface area contributed by atoms with Crippen molar-refractivity contribution in [3.8, 4) is 5.75 Å². The number of nitrogens with two attached hydrogens (primary N) is 1. The van der Waals surface area contributed by atoms with Gasteiger partial charge in [0.2, 0.25) is 0 Å². The van der Waals surface area contributed by atoms with Gasteiger partial charge in [-0.25, -0.2) is 9.80 Å². The number of unbranched alkanes of at least 4 members (excludes halogenated alkanes) is 6. The molecule has 3 N–H and O–H groups in total. The molecule has 7 nitrogen and oxygen atoms in total. The van der Waals surface area contributed by atoms with E-state index in [1.165, 1.54) is 44.9 Å². The predicted molar refractivity (Wildman–Crippen MR) is 156 cm³/mol. The number of nitrogens with one attached hydrogen (secondary N) is 1. The fourth-order valence-corrected chi connectivity index (χ4v) is 4.60. The first-order chi connectivity index (χ1) is 17.9. The number of halogens is 1. The van der Waals surface area contributed by atoms with Crippen LogP contribution in [0.3, 0.4) is 0 Å². The van der Waals surface area contributed by atoms with E-state index in [9.17, 15) is 4.79 Å². The van der Waals surface area contributed by atoms with Gasteiger partial charge in [0, 0.05) is 33.0 Å². The van der Waals surface area contributed by atoms with Crippen molar-refractivity contribution in [3.05, 3.63) is 46.8 Å². The van der Waals surface area contributed by atoms with E-state index < -0.39 is 0 Å². The van der Waals surface area contributed by atoms with Crippen molar-refractivity contribution in [2.45, 2.75) is 91.1 Å². The first kappa shape index (κ1) is 30.6. The summed E-state index contributed by atoms with van der Waals surface area (Å²) in [6, 6.07) is 7.42. The van der Waals surface area contributed by atoms with Crippen LogP contribution in [0.1, 0.15) is 85.0 Å². The molecule has 0 unspecified atom stereocenters. The number of hydrogen-bond acceptors (Lipinski definition) is 5. The molecule has 0 spiro atoms. The molecule has 1 aromatic rings. The molecule has 1 aromatic carbocycles. The highest BCUT2D eigenvalue weighted by Gasteiger charge is 2.23. The van der Waals surface area contributed by atoms with Crippen molar-refractivity contribution in [2.75, 3.05) is 25.1 Å². The van der Waals surface area contributed by atoms with E-state index >= 15 is 0 Å². The van der Waals surface area contributed by atoms with Gasteiger partial charge < -0.3 is 20.7 Å². The van der Waals surface area contributed by atoms with Crippen LogP contribution in [0.15, 0.2) is 51.9 Å². The monoisotopic (exact) mass is 531 g/mol. The third-order valence-corrected chi connectivity index (χ3v) is 6.90. The van der Waals surface area contributed by atoms with Gasteiger partial charge in [0.1, 0.15) is 11.9 Å². The Hall–Kier alpha value is -2.67. The standard InChI is InChI=1S/C20H26ClN5O2.C9H20/c1-3-4-18-19(21)17(23-2)13-24-26(18)14-5-7-15(8-6-14)28-16-9-11-25(12-10-16)20(22)27;1-3-5-7-9-8-6-4-2/h4-8,13,16,23H,3,9-12H2,1-2H3,(H2,22,27);3-9H2,1-2H3/b18-4+;. The summed E-state index contributed by atoms with van der Waals surface area (Å²) in [7, 11) is 1.82. The molecule has 1 fully saturated rings. The molecule has 0 bridgehead atoms. The second kappa shape index (κ2) is 17.0. The number of benzene rings is 1. The number of nitrogens with zero attached hydrogens (tertiary/aromatic N) is 3. The zero-order valence-electron chi connectivity index (χ0n) is 23.1. The lowest BCUT2D eigenvalue weighted by molar-refractivity contribution is 0.114. The second-order valence-corrected chi connectivity index (χ2v) is 9.81. The van der Waals surface area contributed by atoms with Crippen LogP contribution < -0.4 is 20.8 Å². The van der Waals surface area contributed by atoms with Gasteiger partial charge in [0.05, 0.1) is 28.3 Å². The topological polar surface area (TPSA) is 83.2 Å². The number of allylic oxidation sites excluding steroid dienone is 3. The van der Waals surface area contributed by atoms with E-state index in [-0.39, 0.29) is 12.1 Å². The number of likely N-dealkylation sites (tertiary alicyclic amines) is 1. The maximum Gasteiger partial charge on any atom is 0.314 e. The molecule has 2 amide bonds. The number of carbonyl (C=O) groups excluding carboxylic acids is 1. The van der Waals surface area contributed by atoms with Gasteiger partial charge in [0.25, 0.3) is 0 Å². The maximum absolute atomic E-state index is 11.2. The summed E-state index contributed by atoms with van der Waals surface area (Å²) in [4.78, 5) is 12.9. The van der Waals surface area contributed by atoms with Gasteiger partial charge in [-0.2, -0.15) is 5.10 Å². The summed E-state index contributed by atoms with van der Waals surface area (Å²) in [5.74, 6) is 0.792. The highest BCUT2D eigenvalue weighted by atomic mass is 35.5. The SMILES string of the molecule is CC/C=C1\C(Cl)=C(NC)C=NN1c1ccc(OC2CCN(C(N)=O)CC2)cc1.CCCCCCCCC. The first-order valence-corrected chi connectivity index (χ1v) is 14.3. The average molecular weight is 532 g/mol. The van der Waals surface area contributed by atoms with E-state index in [1.807, 2.05) is 42.4 Å². The van der Waals surface area contributed by atoms with E-state index in [4.69, 9.17) is 22.1 Å². The summed E-state index contributed by atoms with van der Waals surface area (Å²) in [5, 5.41) is 10.0. The fourth-order valence-electron chi connectivity index (χ4n) is 4.30. The minimum absolute atomic E-state index is 0.0839. The molecule has 0 aromatic heterocycles. The minimum Gasteiger partial charge on any atom is -0.490 e. The molecule has 2 aliphatic heterocycles. The number of rotatable bonds is 11. The number of hydrogen-bond donors (Lipinski definition) is 2. The van der Waals surface area contributed by atoms with E-state index in [2.05, 4.69) is 31.2 Å². The third kappa shape index (κ3) is 9.95. The number of primary amides is 1. The predicted octanol–water partition coefficient (Wildman–Crippen LogP) is 7.13. The van der Waals surface area contributed by atoms with Gasteiger partial charge in [0.15, 0.2) is 0 Å². The van der Waals surface area contributed by atoms with Crippen LogP contribution in [-0.4, -0.2) is 43.4 Å². The molecule has 8 heteroatoms. The molecule has 0 saturated carbocycles. The van der Waals surface area contributed by atoms with E-state index in [1.54, 1.807) is 11.1 Å². The number of carbonyl (C=O) groups is 1. The highest BCUT2D eigenvalue weighted by molar-refractivity contribution is 6.34. The van der Waals surface area contributed by atoms with Crippen LogP contribution in [0.25, 0.3) is 0 Å². The Morgan fingerprint density at radius 3 is 2.19 bits per heavy atom. The van der Waals surface area contributed by atoms with Crippen molar-refractivity contribution >= 4 is 29.5 Å². The van der Waals surface area contributed by atoms with Gasteiger partial charge in [-0.3, -0.25) is 0 Å². The van der Waals surface area contributed by atoms with Crippen LogP contribution in [-0.2, 0) is 0 Å². The molecule has 1 saturated heterocycles. The van der Waals surface area contributed by atoms with Crippen molar-refractivity contribution in [1.82, 2.24) is 10.2 Å². The lowest BCUT2D eigenvalue weighted by Crippen LogP contribution is -2.44. The van der Waals surface area contributed by atoms with Crippen LogP contribution in [0.4, 0.5) is 10.5 Å². The molecule has 3 rings (SSSR count). The molecule has 2 aliphatic rings. The van der Waals surface area contributed by atoms with E-state index in [0.717, 1.165) is 42.1 Å². The highest BCUT2D eigenvalue weighted by Crippen LogP contribution is 2.32. The van der Waals surface area contributed by atoms with Crippen LogP contribution >= 0.6 is 11.6 Å². The Morgan fingerprint density at radius 2 is 1.68 bits per heavy atom. The number of piperidine rings is 1. The Bertz CT molecular complexity index is 899. The lowest BCUT2D eigenvalue weighted by atomic mass is 10.1. The molecule has 0 radical (unpaired) electrons. The molecule has 206 valence electrons. The van der Waals surface area contributed by atoms with Gasteiger partial charge in [-0.05, 0) is 30.7 Å². The van der Waals surface area contributed by atoms with Gasteiger partial charge in [-0.1, -0.05) is 83.4 Å². The normalized spacial score (nSPS) is 17.1. The lowest BCUT2D eigenvalue weighted by Gasteiger charge is -2.31. The van der Waals surface area contributed by atoms with Crippen molar-refractivity contribution in [3.63, 3.8) is 0 Å². The second-order valence-electron chi connectivity index (χ2n) is 9.44. The molecular formula is C29H46ClN5O2. The molecular weight excluding hydrogens is 486 g/mol. The largest absolute Gasteiger partial charge is 0.490 e. The Kier molecular flexibility index (Phi) is 14.0. The van der Waals surface area contributed by atoms with Gasteiger partial charge in [-0.15, -0.1) is 0 Å². The first-order valence-electron chi connectivity index (χ1n) is 13.9. The zero-order chi connectivity index (χ0) is 27.0. The minimum atomic E-state index is -0.366. The maximum atomic E-state index is 11.2. The van der Waals surface area contributed by atoms with E-state index in [0.29, 0.717) is 18.1 Å². The summed E-state index contributed by atoms with van der Waals surface area (Å²) in [5.41, 5.74) is 7.87. The molecule has 0 atom stereocenters. The average Bonchev–Trinajstić information content (AvgIpc) is 2.91. The summed E-state index contributed by atoms with van der Waals surface area (Å²) in [6.45, 7) is 7.85. The smallest absolute Gasteiger partial charge is 0.314 e. The van der Waals surface area contributed by atoms with Crippen LogP contribution in [0.2, 0.25) is 0 Å². The van der Waals surface area contributed by atoms with Crippen molar-refractivity contribution < 1.29 is 9.53 Å². The number of anilines is 1. The number of ether oxygens (including phenoxy) is 1. The van der Waals surface area contributed by atoms with Gasteiger partial charge >= 0.3 is 6.03 Å². The Labute approximate surface area is 228 Å². The van der Waals surface area contributed by atoms with Crippen molar-refractivity contribution in [1.29, 1.82) is 0 Å². The molecule has 37 heavy (non-hydrogen) atoms. The number of amides is 2. The Morgan fingerprint density at radius 1 is 1.08 bits per heavy atom. The number of hydrazone groups is 1. The Balaban J connectivity index is 0.000000458. The summed E-state index contributed by atoms with van der Waals surface area (Å²) in [6.07, 6.45) is 16.2.